The van der Waals surface area contributed by atoms with Crippen LogP contribution >= 0.6 is 0 Å². The second-order valence-corrected chi connectivity index (χ2v) is 13.4. The third-order valence-corrected chi connectivity index (χ3v) is 9.67. The standard InChI is InChI=1S/C48H50O8/c1-49-39-11-7-9-33(25-39)13-15-36-20-23-44(52-4)47(30-36)55-41-27-38(18-17-35-19-22-43(51-3)46(29-35)54-6)28-42(32-41)56-48-31-37(21-24-45(48)53-5)16-14-34-10-8-12-40(26-34)50-2/h7-12,19-32H,13-18H2,1-6H3. The number of benzene rings is 6. The summed E-state index contributed by atoms with van der Waals surface area (Å²) in [6.45, 7) is 0. The molecule has 56 heavy (non-hydrogen) atoms. The van der Waals surface area contributed by atoms with Crippen LogP contribution in [0.3, 0.4) is 0 Å². The molecule has 0 spiro atoms. The Bertz CT molecular complexity index is 2090. The third-order valence-electron chi connectivity index (χ3n) is 9.67. The predicted molar refractivity (Wildman–Crippen MR) is 220 cm³/mol. The van der Waals surface area contributed by atoms with E-state index in [1.54, 1.807) is 42.7 Å². The minimum Gasteiger partial charge on any atom is -0.497 e. The highest BCUT2D eigenvalue weighted by atomic mass is 16.5. The average molecular weight is 755 g/mol. The summed E-state index contributed by atoms with van der Waals surface area (Å²) in [4.78, 5) is 0. The molecule has 6 rings (SSSR count). The number of hydrogen-bond acceptors (Lipinski definition) is 8. The minimum absolute atomic E-state index is 0.621. The van der Waals surface area contributed by atoms with E-state index >= 15 is 0 Å². The van der Waals surface area contributed by atoms with Crippen LogP contribution in [0.1, 0.15) is 33.4 Å². The molecular weight excluding hydrogens is 705 g/mol. The Labute approximate surface area is 330 Å². The van der Waals surface area contributed by atoms with Crippen LogP contribution in [0, 0.1) is 0 Å². The molecule has 0 bridgehead atoms. The van der Waals surface area contributed by atoms with Crippen molar-refractivity contribution in [2.24, 2.45) is 0 Å². The summed E-state index contributed by atoms with van der Waals surface area (Å²) in [5, 5.41) is 0. The summed E-state index contributed by atoms with van der Waals surface area (Å²) in [7, 11) is 9.97. The highest BCUT2D eigenvalue weighted by molar-refractivity contribution is 5.51. The second kappa shape index (κ2) is 19.4. The molecule has 0 aliphatic rings. The normalized spacial score (nSPS) is 10.8. The molecule has 0 heterocycles. The van der Waals surface area contributed by atoms with E-state index in [1.165, 1.54) is 11.1 Å². The molecule has 290 valence electrons. The van der Waals surface area contributed by atoms with Gasteiger partial charge in [0, 0.05) is 6.07 Å². The van der Waals surface area contributed by atoms with Gasteiger partial charge in [-0.05, 0) is 145 Å². The molecule has 0 aromatic heterocycles. The Kier molecular flexibility index (Phi) is 13.6. The number of rotatable bonds is 19. The van der Waals surface area contributed by atoms with E-state index in [2.05, 4.69) is 54.6 Å². The van der Waals surface area contributed by atoms with Crippen LogP contribution in [0.2, 0.25) is 0 Å². The summed E-state index contributed by atoms with van der Waals surface area (Å²) in [6.07, 6.45) is 4.83. The first-order chi connectivity index (χ1) is 27.4. The van der Waals surface area contributed by atoms with Crippen molar-refractivity contribution in [1.82, 2.24) is 0 Å². The molecule has 0 saturated carbocycles. The van der Waals surface area contributed by atoms with Crippen molar-refractivity contribution in [3.05, 3.63) is 155 Å². The fourth-order valence-corrected chi connectivity index (χ4v) is 6.62. The topological polar surface area (TPSA) is 73.8 Å². The maximum Gasteiger partial charge on any atom is 0.169 e. The first-order valence-corrected chi connectivity index (χ1v) is 18.7. The van der Waals surface area contributed by atoms with E-state index in [4.69, 9.17) is 37.9 Å². The first kappa shape index (κ1) is 39.4. The van der Waals surface area contributed by atoms with Gasteiger partial charge < -0.3 is 37.9 Å². The minimum atomic E-state index is 0.621. The first-order valence-electron chi connectivity index (χ1n) is 18.7. The zero-order chi connectivity index (χ0) is 39.3. The van der Waals surface area contributed by atoms with Crippen molar-refractivity contribution < 1.29 is 37.9 Å². The van der Waals surface area contributed by atoms with Crippen LogP contribution in [-0.2, 0) is 38.5 Å². The molecule has 6 aromatic rings. The largest absolute Gasteiger partial charge is 0.497 e. The van der Waals surface area contributed by atoms with E-state index in [0.29, 0.717) is 46.0 Å². The van der Waals surface area contributed by atoms with Crippen molar-refractivity contribution in [1.29, 1.82) is 0 Å². The van der Waals surface area contributed by atoms with Gasteiger partial charge in [0.15, 0.2) is 34.5 Å². The van der Waals surface area contributed by atoms with Gasteiger partial charge in [-0.25, -0.2) is 0 Å². The van der Waals surface area contributed by atoms with Gasteiger partial charge in [0.2, 0.25) is 0 Å². The van der Waals surface area contributed by atoms with Crippen LogP contribution < -0.4 is 37.9 Å². The Morgan fingerprint density at radius 2 is 0.607 bits per heavy atom. The van der Waals surface area contributed by atoms with Crippen molar-refractivity contribution in [3.63, 3.8) is 0 Å². The van der Waals surface area contributed by atoms with Gasteiger partial charge in [-0.15, -0.1) is 0 Å². The smallest absolute Gasteiger partial charge is 0.169 e. The van der Waals surface area contributed by atoms with Crippen molar-refractivity contribution >= 4 is 0 Å². The van der Waals surface area contributed by atoms with Gasteiger partial charge in [0.1, 0.15) is 23.0 Å². The maximum absolute atomic E-state index is 6.65. The van der Waals surface area contributed by atoms with Gasteiger partial charge in [0.05, 0.1) is 42.7 Å². The number of methoxy groups -OCH3 is 6. The molecule has 0 amide bonds. The lowest BCUT2D eigenvalue weighted by molar-refractivity contribution is 0.354. The summed E-state index contributed by atoms with van der Waals surface area (Å²) in [5.74, 6) is 6.86. The highest BCUT2D eigenvalue weighted by Crippen LogP contribution is 2.39. The number of ether oxygens (including phenoxy) is 8. The van der Waals surface area contributed by atoms with E-state index < -0.39 is 0 Å². The fraction of sp³-hybridized carbons (Fsp3) is 0.250. The molecule has 8 nitrogen and oxygen atoms in total. The van der Waals surface area contributed by atoms with E-state index in [0.717, 1.165) is 72.3 Å². The maximum atomic E-state index is 6.65. The van der Waals surface area contributed by atoms with Crippen LogP contribution in [-0.4, -0.2) is 42.7 Å². The number of aryl methyl sites for hydroxylation is 6. The molecule has 0 N–H and O–H groups in total. The Hall–Kier alpha value is -6.28. The van der Waals surface area contributed by atoms with Gasteiger partial charge in [-0.1, -0.05) is 42.5 Å². The summed E-state index contributed by atoms with van der Waals surface area (Å²) in [6, 6.07) is 40.5. The van der Waals surface area contributed by atoms with Crippen LogP contribution in [0.15, 0.2) is 121 Å². The second-order valence-electron chi connectivity index (χ2n) is 13.4. The molecular formula is C48H50O8. The molecule has 0 aliphatic carbocycles. The lowest BCUT2D eigenvalue weighted by Crippen LogP contribution is -1.99. The van der Waals surface area contributed by atoms with Crippen molar-refractivity contribution in [2.75, 3.05) is 42.7 Å². The van der Waals surface area contributed by atoms with Crippen LogP contribution in [0.25, 0.3) is 0 Å². The van der Waals surface area contributed by atoms with Gasteiger partial charge in [-0.2, -0.15) is 0 Å². The van der Waals surface area contributed by atoms with Crippen molar-refractivity contribution in [2.45, 2.75) is 38.5 Å². The Morgan fingerprint density at radius 1 is 0.268 bits per heavy atom. The molecule has 8 heteroatoms. The van der Waals surface area contributed by atoms with Gasteiger partial charge in [-0.3, -0.25) is 0 Å². The fourth-order valence-electron chi connectivity index (χ4n) is 6.62. The Morgan fingerprint density at radius 3 is 1.00 bits per heavy atom. The zero-order valence-electron chi connectivity index (χ0n) is 33.1. The molecule has 0 atom stereocenters. The highest BCUT2D eigenvalue weighted by Gasteiger charge is 2.14. The monoisotopic (exact) mass is 754 g/mol. The lowest BCUT2D eigenvalue weighted by atomic mass is 10.0. The van der Waals surface area contributed by atoms with E-state index in [-0.39, 0.29) is 0 Å². The van der Waals surface area contributed by atoms with Crippen LogP contribution in [0.5, 0.6) is 57.5 Å². The lowest BCUT2D eigenvalue weighted by Gasteiger charge is -2.16. The quantitative estimate of drug-likeness (QED) is 0.0809. The molecule has 0 saturated heterocycles. The van der Waals surface area contributed by atoms with E-state index in [1.807, 2.05) is 66.7 Å². The molecule has 6 aromatic carbocycles. The summed E-state index contributed by atoms with van der Waals surface area (Å²) >= 11 is 0. The third kappa shape index (κ3) is 10.5. The molecule has 0 unspecified atom stereocenters. The zero-order valence-corrected chi connectivity index (χ0v) is 33.1. The molecule has 0 radical (unpaired) electrons. The Balaban J connectivity index is 1.28. The number of hydrogen-bond donors (Lipinski definition) is 0. The van der Waals surface area contributed by atoms with E-state index in [9.17, 15) is 0 Å². The molecule has 0 fully saturated rings. The summed E-state index contributed by atoms with van der Waals surface area (Å²) in [5.41, 5.74) is 6.80. The average Bonchev–Trinajstić information content (AvgIpc) is 3.24. The summed E-state index contributed by atoms with van der Waals surface area (Å²) < 4.78 is 46.7. The van der Waals surface area contributed by atoms with Gasteiger partial charge >= 0.3 is 0 Å². The van der Waals surface area contributed by atoms with Crippen molar-refractivity contribution in [3.8, 4) is 57.5 Å². The van der Waals surface area contributed by atoms with Crippen LogP contribution in [0.4, 0.5) is 0 Å². The SMILES string of the molecule is COc1cccc(CCc2ccc(OC)c(Oc3cc(CCc4ccc(OC)c(OC)c4)cc(Oc4cc(CCc5cccc(OC)c5)ccc4OC)c3)c2)c1. The van der Waals surface area contributed by atoms with Gasteiger partial charge in [0.25, 0.3) is 0 Å². The predicted octanol–water partition coefficient (Wildman–Crippen LogP) is 10.7. The molecule has 0 aliphatic heterocycles.